The highest BCUT2D eigenvalue weighted by atomic mass is 32.1. The highest BCUT2D eigenvalue weighted by Gasteiger charge is 2.27. The monoisotopic (exact) mass is 295 g/mol. The molecule has 2 heterocycles. The van der Waals surface area contributed by atoms with Crippen molar-refractivity contribution in [3.05, 3.63) is 17.5 Å². The quantitative estimate of drug-likeness (QED) is 0.805. The largest absolute Gasteiger partial charge is 0.392 e. The van der Waals surface area contributed by atoms with E-state index in [1.807, 2.05) is 25.8 Å². The molecule has 0 bridgehead atoms. The third kappa shape index (κ3) is 2.83. The van der Waals surface area contributed by atoms with Crippen LogP contribution in [0.1, 0.15) is 23.0 Å². The maximum atomic E-state index is 12.4. The first-order chi connectivity index (χ1) is 9.41. The molecule has 0 saturated carbocycles. The molecule has 2 N–H and O–H groups in total. The van der Waals surface area contributed by atoms with E-state index in [1.54, 1.807) is 10.9 Å². The lowest BCUT2D eigenvalue weighted by atomic mass is 10.2. The fourth-order valence-corrected chi connectivity index (χ4v) is 2.52. The number of carbonyl (C=O) groups excluding carboxylic acids is 1. The number of aromatic nitrogens is 2. The second-order valence-electron chi connectivity index (χ2n) is 5.17. The van der Waals surface area contributed by atoms with Gasteiger partial charge in [-0.1, -0.05) is 12.2 Å². The number of hydrogen-bond donors (Lipinski definition) is 1. The number of rotatable bonds is 3. The molecule has 1 fully saturated rings. The molecule has 0 aliphatic carbocycles. The summed E-state index contributed by atoms with van der Waals surface area (Å²) in [5.41, 5.74) is 7.25. The van der Waals surface area contributed by atoms with Crippen LogP contribution >= 0.6 is 12.2 Å². The molecule has 2 rings (SSSR count). The number of piperazine rings is 1. The van der Waals surface area contributed by atoms with Gasteiger partial charge in [0.25, 0.3) is 5.91 Å². The Bertz CT molecular complexity index is 519. The highest BCUT2D eigenvalue weighted by molar-refractivity contribution is 7.80. The van der Waals surface area contributed by atoms with E-state index in [-0.39, 0.29) is 11.9 Å². The number of nitrogens with zero attached hydrogens (tertiary/aromatic N) is 4. The fraction of sp³-hybridized carbons (Fsp3) is 0.615. The maximum Gasteiger partial charge on any atom is 0.257 e. The zero-order chi connectivity index (χ0) is 14.9. The van der Waals surface area contributed by atoms with E-state index in [0.29, 0.717) is 23.6 Å². The summed E-state index contributed by atoms with van der Waals surface area (Å²) < 4.78 is 1.72. The van der Waals surface area contributed by atoms with Crippen LogP contribution in [-0.2, 0) is 7.05 Å². The summed E-state index contributed by atoms with van der Waals surface area (Å²) in [4.78, 5) is 17.0. The average molecular weight is 295 g/mol. The van der Waals surface area contributed by atoms with Gasteiger partial charge >= 0.3 is 0 Å². The van der Waals surface area contributed by atoms with Crippen LogP contribution in [0.4, 0.5) is 0 Å². The Morgan fingerprint density at radius 1 is 1.40 bits per heavy atom. The van der Waals surface area contributed by atoms with E-state index in [4.69, 9.17) is 18.0 Å². The Labute approximate surface area is 124 Å². The van der Waals surface area contributed by atoms with Gasteiger partial charge in [0.15, 0.2) is 0 Å². The molecule has 1 saturated heterocycles. The van der Waals surface area contributed by atoms with Crippen LogP contribution in [-0.4, -0.2) is 62.7 Å². The van der Waals surface area contributed by atoms with Crippen LogP contribution < -0.4 is 5.73 Å². The maximum absolute atomic E-state index is 12.4. The zero-order valence-electron chi connectivity index (χ0n) is 12.2. The van der Waals surface area contributed by atoms with Gasteiger partial charge in [-0.3, -0.25) is 14.4 Å². The van der Waals surface area contributed by atoms with Crippen LogP contribution in [0.2, 0.25) is 0 Å². The van der Waals surface area contributed by atoms with Crippen molar-refractivity contribution >= 4 is 23.1 Å². The molecule has 1 unspecified atom stereocenters. The Morgan fingerprint density at radius 3 is 2.45 bits per heavy atom. The Kier molecular flexibility index (Phi) is 4.39. The molecule has 0 aromatic carbocycles. The summed E-state index contributed by atoms with van der Waals surface area (Å²) in [6.45, 7) is 6.89. The molecule has 1 amide bonds. The highest BCUT2D eigenvalue weighted by Crippen LogP contribution is 2.13. The van der Waals surface area contributed by atoms with Crippen LogP contribution in [0.5, 0.6) is 0 Å². The summed E-state index contributed by atoms with van der Waals surface area (Å²) in [6, 6.07) is 0.0855. The number of amides is 1. The summed E-state index contributed by atoms with van der Waals surface area (Å²) in [5.74, 6) is 0.0539. The number of carbonyl (C=O) groups is 1. The third-order valence-electron chi connectivity index (χ3n) is 4.03. The summed E-state index contributed by atoms with van der Waals surface area (Å²) in [6.07, 6.45) is 1.64. The second kappa shape index (κ2) is 5.88. The van der Waals surface area contributed by atoms with Gasteiger partial charge < -0.3 is 10.6 Å². The predicted molar refractivity (Wildman–Crippen MR) is 81.7 cm³/mol. The fourth-order valence-electron chi connectivity index (χ4n) is 2.37. The van der Waals surface area contributed by atoms with E-state index in [0.717, 1.165) is 18.8 Å². The zero-order valence-corrected chi connectivity index (χ0v) is 13.0. The first kappa shape index (κ1) is 14.9. The normalized spacial score (nSPS) is 18.1. The molecule has 7 heteroatoms. The van der Waals surface area contributed by atoms with Gasteiger partial charge in [-0.05, 0) is 13.8 Å². The number of thiocarbonyl (C=S) groups is 1. The minimum absolute atomic E-state index is 0.0539. The van der Waals surface area contributed by atoms with Crippen molar-refractivity contribution in [1.82, 2.24) is 19.6 Å². The van der Waals surface area contributed by atoms with Gasteiger partial charge in [0.1, 0.15) is 0 Å². The molecule has 1 aliphatic rings. The smallest absolute Gasteiger partial charge is 0.257 e. The lowest BCUT2D eigenvalue weighted by Crippen LogP contribution is -2.54. The third-order valence-corrected chi connectivity index (χ3v) is 4.37. The van der Waals surface area contributed by atoms with Crippen molar-refractivity contribution in [3.63, 3.8) is 0 Å². The van der Waals surface area contributed by atoms with Gasteiger partial charge in [0.05, 0.1) is 22.8 Å². The minimum Gasteiger partial charge on any atom is -0.392 e. The molecular weight excluding hydrogens is 274 g/mol. The van der Waals surface area contributed by atoms with Crippen molar-refractivity contribution in [1.29, 1.82) is 0 Å². The van der Waals surface area contributed by atoms with E-state index in [9.17, 15) is 4.79 Å². The van der Waals surface area contributed by atoms with Gasteiger partial charge in [-0.25, -0.2) is 0 Å². The van der Waals surface area contributed by atoms with Crippen molar-refractivity contribution in [2.75, 3.05) is 26.2 Å². The van der Waals surface area contributed by atoms with Crippen molar-refractivity contribution in [3.8, 4) is 0 Å². The molecule has 1 aliphatic heterocycles. The first-order valence-electron chi connectivity index (χ1n) is 6.73. The van der Waals surface area contributed by atoms with E-state index in [1.165, 1.54) is 0 Å². The molecule has 1 atom stereocenters. The number of aryl methyl sites for hydroxylation is 1. The molecule has 0 radical (unpaired) electrons. The van der Waals surface area contributed by atoms with E-state index < -0.39 is 0 Å². The van der Waals surface area contributed by atoms with Gasteiger partial charge in [0, 0.05) is 38.9 Å². The van der Waals surface area contributed by atoms with E-state index >= 15 is 0 Å². The standard InChI is InChI=1S/C13H21N5OS/c1-9-11(8-15-16(9)3)13(19)18-6-4-17(5-7-18)10(2)12(14)20/h8,10H,4-7H2,1-3H3,(H2,14,20). The van der Waals surface area contributed by atoms with Crippen LogP contribution in [0.25, 0.3) is 0 Å². The van der Waals surface area contributed by atoms with Crippen LogP contribution in [0, 0.1) is 6.92 Å². The van der Waals surface area contributed by atoms with Crippen molar-refractivity contribution in [2.24, 2.45) is 12.8 Å². The lowest BCUT2D eigenvalue weighted by molar-refractivity contribution is 0.0621. The van der Waals surface area contributed by atoms with Gasteiger partial charge in [0.2, 0.25) is 0 Å². The summed E-state index contributed by atoms with van der Waals surface area (Å²) in [5, 5.41) is 4.12. The van der Waals surface area contributed by atoms with E-state index in [2.05, 4.69) is 10.00 Å². The Hall–Kier alpha value is -1.47. The predicted octanol–water partition coefficient (Wildman–Crippen LogP) is 0.161. The second-order valence-corrected chi connectivity index (χ2v) is 5.65. The molecule has 1 aromatic heterocycles. The topological polar surface area (TPSA) is 67.4 Å². The van der Waals surface area contributed by atoms with Gasteiger partial charge in [-0.15, -0.1) is 0 Å². The Morgan fingerprint density at radius 2 is 2.00 bits per heavy atom. The SMILES string of the molecule is Cc1c(C(=O)N2CCN(C(C)C(N)=S)CC2)cnn1C. The van der Waals surface area contributed by atoms with Gasteiger partial charge in [-0.2, -0.15) is 5.10 Å². The summed E-state index contributed by atoms with van der Waals surface area (Å²) >= 11 is 5.02. The first-order valence-corrected chi connectivity index (χ1v) is 7.14. The van der Waals surface area contributed by atoms with Crippen molar-refractivity contribution in [2.45, 2.75) is 19.9 Å². The van der Waals surface area contributed by atoms with Crippen LogP contribution in [0.15, 0.2) is 6.20 Å². The molecule has 1 aromatic rings. The summed E-state index contributed by atoms with van der Waals surface area (Å²) in [7, 11) is 1.84. The number of hydrogen-bond acceptors (Lipinski definition) is 4. The lowest BCUT2D eigenvalue weighted by Gasteiger charge is -2.37. The Balaban J connectivity index is 1.99. The molecule has 0 spiro atoms. The van der Waals surface area contributed by atoms with Crippen molar-refractivity contribution < 1.29 is 4.79 Å². The molecule has 6 nitrogen and oxygen atoms in total. The van der Waals surface area contributed by atoms with Crippen LogP contribution in [0.3, 0.4) is 0 Å². The minimum atomic E-state index is 0.0539. The molecular formula is C13H21N5OS. The average Bonchev–Trinajstić information content (AvgIpc) is 2.77. The molecule has 20 heavy (non-hydrogen) atoms. The number of nitrogens with two attached hydrogens (primary N) is 1. The molecule has 110 valence electrons.